The summed E-state index contributed by atoms with van der Waals surface area (Å²) in [7, 11) is 0. The fourth-order valence-corrected chi connectivity index (χ4v) is 2.98. The molecule has 3 nitrogen and oxygen atoms in total. The van der Waals surface area contributed by atoms with E-state index in [0.29, 0.717) is 13.1 Å². The van der Waals surface area contributed by atoms with Gasteiger partial charge in [-0.1, -0.05) is 12.1 Å². The number of amides is 1. The van der Waals surface area contributed by atoms with Crippen LogP contribution in [0.2, 0.25) is 0 Å². The Morgan fingerprint density at radius 2 is 1.90 bits per heavy atom. The van der Waals surface area contributed by atoms with E-state index in [0.717, 1.165) is 30.5 Å². The van der Waals surface area contributed by atoms with Gasteiger partial charge in [0.05, 0.1) is 5.56 Å². The van der Waals surface area contributed by atoms with Gasteiger partial charge in [0.15, 0.2) is 0 Å². The topological polar surface area (TPSA) is 46.3 Å². The zero-order valence-corrected chi connectivity index (χ0v) is 11.4. The summed E-state index contributed by atoms with van der Waals surface area (Å²) in [4.78, 5) is 14.0. The lowest BCUT2D eigenvalue weighted by Crippen LogP contribution is -2.33. The van der Waals surface area contributed by atoms with E-state index in [1.165, 1.54) is 12.1 Å². The van der Waals surface area contributed by atoms with Crippen LogP contribution in [-0.4, -0.2) is 29.9 Å². The number of alkyl halides is 3. The molecule has 0 radical (unpaired) electrons. The first-order valence-corrected chi connectivity index (χ1v) is 7.08. The molecule has 114 valence electrons. The minimum Gasteiger partial charge on any atom is -0.341 e. The van der Waals surface area contributed by atoms with E-state index < -0.39 is 11.7 Å². The normalized spacial score (nSPS) is 28.8. The maximum Gasteiger partial charge on any atom is 0.416 e. The third-order valence-corrected chi connectivity index (χ3v) is 4.31. The van der Waals surface area contributed by atoms with Crippen molar-refractivity contribution in [1.29, 1.82) is 0 Å². The van der Waals surface area contributed by atoms with Gasteiger partial charge < -0.3 is 10.6 Å². The first-order chi connectivity index (χ1) is 9.86. The number of rotatable bonds is 2. The molecule has 1 aromatic rings. The lowest BCUT2D eigenvalue weighted by molar-refractivity contribution is -0.137. The summed E-state index contributed by atoms with van der Waals surface area (Å²) >= 11 is 0. The van der Waals surface area contributed by atoms with Crippen molar-refractivity contribution in [1.82, 2.24) is 4.90 Å². The Morgan fingerprint density at radius 1 is 1.24 bits per heavy atom. The summed E-state index contributed by atoms with van der Waals surface area (Å²) in [5, 5.41) is 0. The molecule has 1 amide bonds. The van der Waals surface area contributed by atoms with Gasteiger partial charge in [0.25, 0.3) is 0 Å². The number of likely N-dealkylation sites (tertiary alicyclic amines) is 1. The number of hydrogen-bond acceptors (Lipinski definition) is 2. The quantitative estimate of drug-likeness (QED) is 0.911. The molecule has 2 fully saturated rings. The second-order valence-corrected chi connectivity index (χ2v) is 5.90. The molecule has 1 saturated heterocycles. The minimum atomic E-state index is -4.32. The van der Waals surface area contributed by atoms with E-state index >= 15 is 0 Å². The molecule has 21 heavy (non-hydrogen) atoms. The summed E-state index contributed by atoms with van der Waals surface area (Å²) in [6.45, 7) is 1.28. The third-order valence-electron chi connectivity index (χ3n) is 4.31. The van der Waals surface area contributed by atoms with Gasteiger partial charge in [-0.3, -0.25) is 4.79 Å². The van der Waals surface area contributed by atoms with Crippen LogP contribution in [0.15, 0.2) is 24.3 Å². The maximum absolute atomic E-state index is 12.5. The summed E-state index contributed by atoms with van der Waals surface area (Å²) in [6.07, 6.45) is -2.78. The largest absolute Gasteiger partial charge is 0.416 e. The van der Waals surface area contributed by atoms with Gasteiger partial charge in [0.1, 0.15) is 0 Å². The predicted octanol–water partition coefficient (Wildman–Crippen LogP) is 2.37. The zero-order chi connectivity index (χ0) is 15.2. The monoisotopic (exact) mass is 298 g/mol. The Balaban J connectivity index is 1.64. The summed E-state index contributed by atoms with van der Waals surface area (Å²) < 4.78 is 37.5. The molecule has 3 rings (SSSR count). The van der Waals surface area contributed by atoms with Crippen molar-refractivity contribution in [3.8, 4) is 0 Å². The fourth-order valence-electron chi connectivity index (χ4n) is 2.98. The number of halogens is 3. The van der Waals surface area contributed by atoms with Crippen molar-refractivity contribution in [3.63, 3.8) is 0 Å². The molecular weight excluding hydrogens is 281 g/mol. The zero-order valence-electron chi connectivity index (χ0n) is 11.4. The maximum atomic E-state index is 12.5. The lowest BCUT2D eigenvalue weighted by Gasteiger charge is -2.15. The van der Waals surface area contributed by atoms with Crippen LogP contribution in [-0.2, 0) is 11.0 Å². The highest BCUT2D eigenvalue weighted by Crippen LogP contribution is 2.49. The average Bonchev–Trinajstić information content (AvgIpc) is 3.12. The van der Waals surface area contributed by atoms with Gasteiger partial charge in [-0.2, -0.15) is 13.2 Å². The Hall–Kier alpha value is -1.56. The molecule has 2 N–H and O–H groups in total. The van der Waals surface area contributed by atoms with Crippen molar-refractivity contribution in [2.24, 2.45) is 11.7 Å². The van der Waals surface area contributed by atoms with Crippen LogP contribution in [0, 0.1) is 5.92 Å². The summed E-state index contributed by atoms with van der Waals surface area (Å²) in [6, 6.07) is 5.19. The van der Waals surface area contributed by atoms with Crippen LogP contribution >= 0.6 is 0 Å². The first kappa shape index (κ1) is 14.4. The number of benzene rings is 1. The fraction of sp³-hybridized carbons (Fsp3) is 0.533. The summed E-state index contributed by atoms with van der Waals surface area (Å²) in [5.41, 5.74) is 5.94. The van der Waals surface area contributed by atoms with Crippen molar-refractivity contribution in [3.05, 3.63) is 35.4 Å². The highest BCUT2D eigenvalue weighted by Gasteiger charge is 2.46. The molecule has 1 aliphatic carbocycles. The molecule has 2 aliphatic rings. The lowest BCUT2D eigenvalue weighted by atomic mass is 10.1. The van der Waals surface area contributed by atoms with Gasteiger partial charge in [-0.25, -0.2) is 0 Å². The number of nitrogens with two attached hydrogens (primary N) is 1. The van der Waals surface area contributed by atoms with E-state index in [2.05, 4.69) is 0 Å². The Labute approximate surface area is 120 Å². The van der Waals surface area contributed by atoms with Gasteiger partial charge >= 0.3 is 6.18 Å². The first-order valence-electron chi connectivity index (χ1n) is 7.08. The Morgan fingerprint density at radius 3 is 2.43 bits per heavy atom. The second-order valence-electron chi connectivity index (χ2n) is 5.90. The van der Waals surface area contributed by atoms with Crippen LogP contribution in [0.3, 0.4) is 0 Å². The molecular formula is C15H17F3N2O. The van der Waals surface area contributed by atoms with Crippen LogP contribution in [0.25, 0.3) is 0 Å². The van der Waals surface area contributed by atoms with E-state index in [4.69, 9.17) is 5.73 Å². The molecule has 1 aliphatic heterocycles. The van der Waals surface area contributed by atoms with Gasteiger partial charge in [0, 0.05) is 25.0 Å². The average molecular weight is 298 g/mol. The molecule has 1 saturated carbocycles. The van der Waals surface area contributed by atoms with Crippen LogP contribution in [0.4, 0.5) is 13.2 Å². The van der Waals surface area contributed by atoms with Gasteiger partial charge in [-0.15, -0.1) is 0 Å². The number of hydrogen-bond donors (Lipinski definition) is 1. The molecule has 1 heterocycles. The highest BCUT2D eigenvalue weighted by atomic mass is 19.4. The Kier molecular flexibility index (Phi) is 3.43. The summed E-state index contributed by atoms with van der Waals surface area (Å²) in [5.74, 6) is 0.0523. The van der Waals surface area contributed by atoms with E-state index in [1.807, 2.05) is 0 Å². The number of carbonyl (C=O) groups is 1. The highest BCUT2D eigenvalue weighted by molar-refractivity contribution is 5.83. The molecule has 1 aromatic carbocycles. The van der Waals surface area contributed by atoms with Crippen LogP contribution < -0.4 is 5.73 Å². The van der Waals surface area contributed by atoms with Gasteiger partial charge in [0.2, 0.25) is 5.91 Å². The SMILES string of the molecule is NC1CCN(C(=O)C2CC2c2ccc(C(F)(F)F)cc2)C1. The smallest absolute Gasteiger partial charge is 0.341 e. The van der Waals surface area contributed by atoms with E-state index in [-0.39, 0.29) is 23.8 Å². The number of nitrogens with zero attached hydrogens (tertiary/aromatic N) is 1. The van der Waals surface area contributed by atoms with Crippen molar-refractivity contribution >= 4 is 5.91 Å². The van der Waals surface area contributed by atoms with Crippen molar-refractivity contribution in [2.75, 3.05) is 13.1 Å². The predicted molar refractivity (Wildman–Crippen MR) is 71.5 cm³/mol. The minimum absolute atomic E-state index is 0.0524. The molecule has 0 bridgehead atoms. The molecule has 6 heteroatoms. The van der Waals surface area contributed by atoms with Crippen molar-refractivity contribution in [2.45, 2.75) is 31.0 Å². The molecule has 0 aromatic heterocycles. The number of carbonyl (C=O) groups excluding carboxylic acids is 1. The standard InChI is InChI=1S/C15H17F3N2O/c16-15(17,18)10-3-1-9(2-4-10)12-7-13(12)14(21)20-6-5-11(19)8-20/h1-4,11-13H,5-8,19H2. The van der Waals surface area contributed by atoms with Crippen LogP contribution in [0.1, 0.15) is 29.9 Å². The van der Waals surface area contributed by atoms with Gasteiger partial charge in [-0.05, 0) is 36.5 Å². The second kappa shape index (κ2) is 5.02. The van der Waals surface area contributed by atoms with E-state index in [1.54, 1.807) is 4.90 Å². The third kappa shape index (κ3) is 2.90. The molecule has 0 spiro atoms. The van der Waals surface area contributed by atoms with E-state index in [9.17, 15) is 18.0 Å². The van der Waals surface area contributed by atoms with Crippen LogP contribution in [0.5, 0.6) is 0 Å². The Bertz CT molecular complexity index is 541. The van der Waals surface area contributed by atoms with Crippen molar-refractivity contribution < 1.29 is 18.0 Å². The molecule has 3 atom stereocenters. The molecule has 3 unspecified atom stereocenters.